The topological polar surface area (TPSA) is 128 Å². The molecule has 4 heterocycles. The molecule has 17 heteroatoms. The molecule has 3 N–H and O–H groups in total. The first-order chi connectivity index (χ1) is 39.2. The number of halogens is 6. The smallest absolute Gasteiger partial charge is 0.382 e. The first kappa shape index (κ1) is 58.5. The highest BCUT2D eigenvalue weighted by Gasteiger charge is 2.35. The Morgan fingerprint density at radius 2 is 1.05 bits per heavy atom. The number of anilines is 1. The molecule has 0 aliphatic carbocycles. The minimum atomic E-state index is -4.49. The van der Waals surface area contributed by atoms with Gasteiger partial charge in [-0.25, -0.2) is 9.97 Å². The predicted molar refractivity (Wildman–Crippen MR) is 308 cm³/mol. The Labute approximate surface area is 473 Å². The van der Waals surface area contributed by atoms with Gasteiger partial charge in [-0.1, -0.05) is 84.3 Å². The Hall–Kier alpha value is -8.19. The van der Waals surface area contributed by atoms with Crippen molar-refractivity contribution in [1.29, 1.82) is 0 Å². The molecule has 2 aliphatic rings. The maximum Gasteiger partial charge on any atom is 0.416 e. The molecule has 422 valence electrons. The van der Waals surface area contributed by atoms with Gasteiger partial charge in [0.1, 0.15) is 17.9 Å². The number of piperazine rings is 2. The number of nitrogen functional groups attached to an aromatic ring is 1. The third-order valence-electron chi connectivity index (χ3n) is 14.9. The molecule has 2 aromatic heterocycles. The largest absolute Gasteiger partial charge is 0.416 e. The quantitative estimate of drug-likeness (QED) is 0.0902. The predicted octanol–water partition coefficient (Wildman–Crippen LogP) is 10.4. The molecule has 2 fully saturated rings. The van der Waals surface area contributed by atoms with E-state index in [1.165, 1.54) is 18.5 Å². The first-order valence-corrected chi connectivity index (χ1v) is 27.1. The molecule has 2 aliphatic heterocycles. The summed E-state index contributed by atoms with van der Waals surface area (Å²) in [6.07, 6.45) is -5.65. The van der Waals surface area contributed by atoms with Gasteiger partial charge in [-0.3, -0.25) is 24.5 Å². The Balaban J connectivity index is 0.000000198. The lowest BCUT2D eigenvalue weighted by Crippen LogP contribution is -2.44. The number of fused-ring (bicyclic) bond motifs is 2. The molecule has 0 saturated carbocycles. The SMILES string of the molecule is Cc1ccc(CC(=O)Cc2ccc(CN3CCN(C)CC3)c(C(F)(F)F)c2)cc1C#Cc1ccc2cncnc2c1.Cc1ccc(CC(=O)Cc2ccc(CN3CCN(C)CC3)c(C(F)(F)F)c2)cc1C#Cc1cccc2[nH]nc(N)c12. The number of aromatic nitrogens is 4. The zero-order chi connectivity index (χ0) is 58.1. The lowest BCUT2D eigenvalue weighted by Gasteiger charge is -2.33. The monoisotopic (exact) mass is 1120 g/mol. The van der Waals surface area contributed by atoms with E-state index in [0.717, 1.165) is 131 Å². The van der Waals surface area contributed by atoms with Crippen molar-refractivity contribution >= 4 is 39.2 Å². The van der Waals surface area contributed by atoms with Crippen molar-refractivity contribution in [3.63, 3.8) is 0 Å². The van der Waals surface area contributed by atoms with Crippen molar-refractivity contribution < 1.29 is 35.9 Å². The number of rotatable bonds is 12. The fourth-order valence-corrected chi connectivity index (χ4v) is 10.2. The fraction of sp³-hybridized carbons (Fsp3) is 0.308. The molecule has 0 bridgehead atoms. The van der Waals surface area contributed by atoms with Crippen molar-refractivity contribution in [1.82, 2.24) is 39.8 Å². The van der Waals surface area contributed by atoms with Crippen LogP contribution in [0.1, 0.15) is 77.9 Å². The second-order valence-electron chi connectivity index (χ2n) is 21.4. The van der Waals surface area contributed by atoms with E-state index >= 15 is 0 Å². The summed E-state index contributed by atoms with van der Waals surface area (Å²) in [5.74, 6) is 12.8. The average molecular weight is 1120 g/mol. The van der Waals surface area contributed by atoms with Crippen LogP contribution in [0, 0.1) is 37.5 Å². The van der Waals surface area contributed by atoms with Gasteiger partial charge < -0.3 is 15.5 Å². The Morgan fingerprint density at radius 1 is 0.573 bits per heavy atom. The summed E-state index contributed by atoms with van der Waals surface area (Å²) in [5.41, 5.74) is 14.1. The molecular weight excluding hydrogens is 1050 g/mol. The molecule has 2 saturated heterocycles. The Bertz CT molecular complexity index is 3760. The molecule has 8 aromatic rings. The van der Waals surface area contributed by atoms with Gasteiger partial charge in [0.05, 0.1) is 27.5 Å². The number of H-pyrrole nitrogens is 1. The highest BCUT2D eigenvalue weighted by atomic mass is 19.4. The van der Waals surface area contributed by atoms with E-state index in [2.05, 4.69) is 53.6 Å². The van der Waals surface area contributed by atoms with Crippen LogP contribution < -0.4 is 5.73 Å². The molecule has 0 atom stereocenters. The second kappa shape index (κ2) is 25.7. The van der Waals surface area contributed by atoms with E-state index in [0.29, 0.717) is 16.9 Å². The third kappa shape index (κ3) is 15.4. The van der Waals surface area contributed by atoms with E-state index < -0.39 is 23.5 Å². The number of likely N-dealkylation sites (N-methyl/N-ethyl adjacent to an activating group) is 2. The van der Waals surface area contributed by atoms with Gasteiger partial charge in [-0.05, 0) is 121 Å². The Kier molecular flexibility index (Phi) is 18.3. The number of nitrogens with one attached hydrogen (secondary N) is 1. The zero-order valence-electron chi connectivity index (χ0n) is 46.2. The number of aromatic amines is 1. The number of nitrogens with zero attached hydrogens (tertiary/aromatic N) is 7. The summed E-state index contributed by atoms with van der Waals surface area (Å²) in [4.78, 5) is 42.6. The normalized spacial score (nSPS) is 14.6. The number of nitrogens with two attached hydrogens (primary N) is 1. The number of hydrogen-bond donors (Lipinski definition) is 2. The van der Waals surface area contributed by atoms with Crippen LogP contribution in [0.3, 0.4) is 0 Å². The highest BCUT2D eigenvalue weighted by molar-refractivity contribution is 5.94. The van der Waals surface area contributed by atoms with Crippen LogP contribution in [-0.2, 0) is 60.7 Å². The van der Waals surface area contributed by atoms with Crippen LogP contribution in [0.4, 0.5) is 32.2 Å². The average Bonchev–Trinajstić information content (AvgIpc) is 4.05. The molecule has 0 radical (unpaired) electrons. The number of carbonyl (C=O) groups is 2. The van der Waals surface area contributed by atoms with Gasteiger partial charge >= 0.3 is 12.4 Å². The lowest BCUT2D eigenvalue weighted by atomic mass is 9.96. The minimum absolute atomic E-state index is 0.0638. The van der Waals surface area contributed by atoms with Gasteiger partial charge in [0.2, 0.25) is 0 Å². The molecule has 10 rings (SSSR count). The van der Waals surface area contributed by atoms with Crippen LogP contribution in [-0.4, -0.2) is 118 Å². The number of hydrogen-bond acceptors (Lipinski definition) is 10. The van der Waals surface area contributed by atoms with Crippen LogP contribution in [0.25, 0.3) is 21.8 Å². The molecule has 82 heavy (non-hydrogen) atoms. The summed E-state index contributed by atoms with van der Waals surface area (Å²) in [6.45, 7) is 10.6. The van der Waals surface area contributed by atoms with Gasteiger partial charge in [-0.15, -0.1) is 0 Å². The van der Waals surface area contributed by atoms with E-state index in [1.54, 1.807) is 18.3 Å². The maximum absolute atomic E-state index is 14.0. The van der Waals surface area contributed by atoms with E-state index in [9.17, 15) is 35.9 Å². The van der Waals surface area contributed by atoms with Crippen molar-refractivity contribution in [2.75, 3.05) is 72.2 Å². The summed E-state index contributed by atoms with van der Waals surface area (Å²) in [7, 11) is 4.02. The molecular formula is C65H63F6N9O2. The van der Waals surface area contributed by atoms with Crippen molar-refractivity contribution in [2.24, 2.45) is 0 Å². The second-order valence-corrected chi connectivity index (χ2v) is 21.4. The standard InChI is InChI=1S/C33H31F3N4O.C32H32F3N5O/c1-23-3-4-25(15-27(23)8-5-24-6-9-28-20-37-22-38-32(28)19-24)16-30(41)17-26-7-10-29(31(18-26)33(34,35)36)21-40-13-11-39(2)12-14-40;1-21-6-7-22(16-25(21)11-10-24-4-3-5-29-30(24)31(36)38-37-29)17-27(41)18-23-8-9-26(28(19-23)32(33,34)35)20-40-14-12-39(2)13-15-40/h3-4,6-7,9-10,15,18-20,22H,11-14,16-17,21H2,1-2H3;3-9,16,19H,12-15,17-18,20H2,1-2H3,(H3,36,37,38). The number of Topliss-reactive ketones (excluding diaryl/α,β-unsaturated/α-hetero) is 2. The number of benzene rings is 6. The fourth-order valence-electron chi connectivity index (χ4n) is 10.2. The number of carbonyl (C=O) groups excluding carboxylic acids is 2. The summed E-state index contributed by atoms with van der Waals surface area (Å²) < 4.78 is 83.7. The van der Waals surface area contributed by atoms with Crippen LogP contribution in [0.15, 0.2) is 122 Å². The van der Waals surface area contributed by atoms with Crippen LogP contribution >= 0.6 is 0 Å². The molecule has 11 nitrogen and oxygen atoms in total. The van der Waals surface area contributed by atoms with E-state index in [1.807, 2.05) is 111 Å². The van der Waals surface area contributed by atoms with Gasteiger partial charge in [-0.2, -0.15) is 31.4 Å². The first-order valence-electron chi connectivity index (χ1n) is 27.1. The summed E-state index contributed by atoms with van der Waals surface area (Å²) in [5, 5.41) is 8.61. The van der Waals surface area contributed by atoms with Gasteiger partial charge in [0.25, 0.3) is 0 Å². The lowest BCUT2D eigenvalue weighted by molar-refractivity contribution is -0.139. The zero-order valence-corrected chi connectivity index (χ0v) is 46.2. The molecule has 6 aromatic carbocycles. The van der Waals surface area contributed by atoms with Crippen molar-refractivity contribution in [2.45, 2.75) is 65.0 Å². The summed E-state index contributed by atoms with van der Waals surface area (Å²) in [6, 6.07) is 31.2. The Morgan fingerprint density at radius 3 is 1.56 bits per heavy atom. The number of aryl methyl sites for hydroxylation is 2. The highest BCUT2D eigenvalue weighted by Crippen LogP contribution is 2.35. The van der Waals surface area contributed by atoms with Crippen LogP contribution in [0.5, 0.6) is 0 Å². The molecule has 0 unspecified atom stereocenters. The third-order valence-corrected chi connectivity index (χ3v) is 14.9. The van der Waals surface area contributed by atoms with Gasteiger partial charge in [0.15, 0.2) is 5.82 Å². The van der Waals surface area contributed by atoms with Crippen LogP contribution in [0.2, 0.25) is 0 Å². The maximum atomic E-state index is 14.0. The summed E-state index contributed by atoms with van der Waals surface area (Å²) >= 11 is 0. The van der Waals surface area contributed by atoms with E-state index in [-0.39, 0.29) is 61.5 Å². The molecule has 0 spiro atoms. The molecule has 0 amide bonds. The minimum Gasteiger partial charge on any atom is -0.382 e. The van der Waals surface area contributed by atoms with Crippen molar-refractivity contribution in [3.05, 3.63) is 200 Å². The number of alkyl halides is 6. The van der Waals surface area contributed by atoms with E-state index in [4.69, 9.17) is 5.73 Å². The van der Waals surface area contributed by atoms with Gasteiger partial charge in [0, 0.05) is 125 Å². The van der Waals surface area contributed by atoms with Crippen molar-refractivity contribution in [3.8, 4) is 23.7 Å². The number of ketones is 2.